The van der Waals surface area contributed by atoms with Gasteiger partial charge in [0.25, 0.3) is 0 Å². The van der Waals surface area contributed by atoms with Crippen LogP contribution in [0.5, 0.6) is 0 Å². The summed E-state index contributed by atoms with van der Waals surface area (Å²) in [7, 11) is -10.0. The Morgan fingerprint density at radius 3 is 0.824 bits per heavy atom. The van der Waals surface area contributed by atoms with Crippen LogP contribution in [-0.4, -0.2) is 96.7 Å². The highest BCUT2D eigenvalue weighted by atomic mass is 31.2. The van der Waals surface area contributed by atoms with Crippen LogP contribution in [0.2, 0.25) is 0 Å². The number of aliphatic hydroxyl groups is 1. The van der Waals surface area contributed by atoms with E-state index in [1.54, 1.807) is 0 Å². The van der Waals surface area contributed by atoms with E-state index in [2.05, 4.69) is 180 Å². The van der Waals surface area contributed by atoms with Crippen LogP contribution in [0.3, 0.4) is 0 Å². The Hall–Kier alpha value is -5.84. The summed E-state index contributed by atoms with van der Waals surface area (Å²) in [6, 6.07) is 0. The summed E-state index contributed by atoms with van der Waals surface area (Å²) in [4.78, 5) is 73.1. The van der Waals surface area contributed by atoms with Gasteiger partial charge in [-0.05, 0) is 141 Å². The number of hydrogen-bond donors (Lipinski definition) is 3. The number of phosphoric ester groups is 2. The number of rotatable bonds is 75. The third-order valence-corrected chi connectivity index (χ3v) is 18.3. The molecule has 0 radical (unpaired) electrons. The SMILES string of the molecule is CC/C=C\C/C=C\C/C=C\C/C=C\C/C=C\C/C=C\CCC(=O)OCC(COP(=O)(O)OCC(O)COP(=O)(O)OCC(COC(=O)CCC/C=C\C/C=C\C/C=C\C/C=C\C/C=C\CC)OC(=O)CCCCCC/C=C\C/C=C\C/C=C\C/C=C\CC)OC(=O)CCCCCCCCCCCCCCCCC. The summed E-state index contributed by atoms with van der Waals surface area (Å²) in [6.07, 6.45) is 96.0. The van der Waals surface area contributed by atoms with Crippen LogP contribution in [-0.2, 0) is 65.4 Å². The second kappa shape index (κ2) is 79.3. The first-order valence-electron chi connectivity index (χ1n) is 41.0. The zero-order valence-corrected chi connectivity index (χ0v) is 68.7. The summed E-state index contributed by atoms with van der Waals surface area (Å²) >= 11 is 0. The van der Waals surface area contributed by atoms with Gasteiger partial charge in [0.1, 0.15) is 19.3 Å². The molecule has 0 rings (SSSR count). The topological polar surface area (TPSA) is 237 Å². The summed E-state index contributed by atoms with van der Waals surface area (Å²) in [5.74, 6) is -2.38. The normalized spacial score (nSPS) is 14.8. The number of phosphoric acid groups is 2. The zero-order chi connectivity index (χ0) is 78.9. The molecule has 0 aromatic heterocycles. The summed E-state index contributed by atoms with van der Waals surface area (Å²) < 4.78 is 68.6. The van der Waals surface area contributed by atoms with Gasteiger partial charge in [0.15, 0.2) is 12.2 Å². The molecule has 0 heterocycles. The highest BCUT2D eigenvalue weighted by molar-refractivity contribution is 7.47. The molecule has 0 bridgehead atoms. The van der Waals surface area contributed by atoms with Crippen LogP contribution in [0.25, 0.3) is 0 Å². The molecule has 5 atom stereocenters. The minimum atomic E-state index is -5.01. The molecule has 0 saturated heterocycles. The molecule has 0 aromatic carbocycles. The molecule has 5 unspecified atom stereocenters. The van der Waals surface area contributed by atoms with E-state index < -0.39 is 97.5 Å². The first-order chi connectivity index (χ1) is 52.7. The van der Waals surface area contributed by atoms with Gasteiger partial charge in [0.2, 0.25) is 0 Å². The lowest BCUT2D eigenvalue weighted by molar-refractivity contribution is -0.161. The van der Waals surface area contributed by atoms with Gasteiger partial charge in [-0.3, -0.25) is 37.3 Å². The molecule has 0 fully saturated rings. The number of esters is 4. The predicted octanol–water partition coefficient (Wildman–Crippen LogP) is 24.3. The van der Waals surface area contributed by atoms with E-state index in [0.717, 1.165) is 141 Å². The van der Waals surface area contributed by atoms with Crippen LogP contribution in [0.1, 0.15) is 297 Å². The molecule has 0 aliphatic heterocycles. The van der Waals surface area contributed by atoms with Gasteiger partial charge in [-0.1, -0.05) is 313 Å². The molecular formula is C89H144O17P2. The van der Waals surface area contributed by atoms with E-state index >= 15 is 0 Å². The molecule has 108 heavy (non-hydrogen) atoms. The van der Waals surface area contributed by atoms with Gasteiger partial charge < -0.3 is 33.8 Å². The molecule has 0 saturated carbocycles. The Bertz CT molecular complexity index is 2760. The third kappa shape index (κ3) is 78.3. The number of unbranched alkanes of at least 4 members (excludes halogenated alkanes) is 19. The van der Waals surface area contributed by atoms with Crippen molar-refractivity contribution < 1.29 is 80.2 Å². The minimum Gasteiger partial charge on any atom is -0.462 e. The Kier molecular flexibility index (Phi) is 75.0. The van der Waals surface area contributed by atoms with E-state index in [4.69, 9.17) is 37.0 Å². The fourth-order valence-corrected chi connectivity index (χ4v) is 11.9. The minimum absolute atomic E-state index is 0.0306. The van der Waals surface area contributed by atoms with Crippen LogP contribution in [0, 0.1) is 0 Å². The molecule has 0 aliphatic rings. The van der Waals surface area contributed by atoms with Crippen molar-refractivity contribution >= 4 is 39.5 Å². The quantitative estimate of drug-likeness (QED) is 0.0169. The highest BCUT2D eigenvalue weighted by Gasteiger charge is 2.30. The van der Waals surface area contributed by atoms with Crippen molar-refractivity contribution in [1.29, 1.82) is 0 Å². The van der Waals surface area contributed by atoms with Crippen LogP contribution in [0.15, 0.2) is 182 Å². The smallest absolute Gasteiger partial charge is 0.462 e. The van der Waals surface area contributed by atoms with Crippen molar-refractivity contribution in [3.63, 3.8) is 0 Å². The Labute approximate surface area is 654 Å². The van der Waals surface area contributed by atoms with E-state index in [1.165, 1.54) is 64.2 Å². The van der Waals surface area contributed by atoms with Crippen LogP contribution >= 0.6 is 15.6 Å². The standard InChI is InChI=1S/C89H144O17P2/c1-5-9-13-17-21-25-29-33-37-40-41-44-47-50-54-58-62-66-70-74-87(92)100-79-84(105-88(93)75-71-67-63-59-55-51-45-36-32-28-24-20-16-12-8-4)81-103-107(95,96)101-77-83(90)78-102-108(97,98)104-82-85(106-89(94)76-72-68-64-60-56-52-48-43-39-35-31-27-23-19-15-11-7-3)80-99-86(91)73-69-65-61-57-53-49-46-42-38-34-30-26-22-18-14-10-6-2/h9-11,13-15,21-23,25-27,33-35,37-39,41,44,46,48-50,52,54,57,61-62,66,83-85,90H,5-8,12,16-20,24,28-32,36,40,42-43,45,47,51,53,55-56,58-60,63-65,67-82H2,1-4H3,(H,95,96)(H,97,98)/b13-9-,14-10-,15-11-,25-21-,26-22-,27-23-,37-33-,38-34-,39-35-,44-41-,49-46-,52-48-,54-50-,61-57-,66-62-. The van der Waals surface area contributed by atoms with Crippen molar-refractivity contribution in [3.8, 4) is 0 Å². The molecule has 0 aromatic rings. The van der Waals surface area contributed by atoms with Crippen molar-refractivity contribution in [2.24, 2.45) is 0 Å². The average Bonchev–Trinajstić information content (AvgIpc) is 0.901. The maximum absolute atomic E-state index is 13.1. The summed E-state index contributed by atoms with van der Waals surface area (Å²) in [5, 5.41) is 10.7. The van der Waals surface area contributed by atoms with Gasteiger partial charge in [-0.15, -0.1) is 0 Å². The largest absolute Gasteiger partial charge is 0.472 e. The molecule has 3 N–H and O–H groups in total. The monoisotopic (exact) mass is 1550 g/mol. The zero-order valence-electron chi connectivity index (χ0n) is 66.9. The van der Waals surface area contributed by atoms with Crippen molar-refractivity contribution in [1.82, 2.24) is 0 Å². The predicted molar refractivity (Wildman–Crippen MR) is 445 cm³/mol. The average molecular weight is 1550 g/mol. The summed E-state index contributed by atoms with van der Waals surface area (Å²) in [6.45, 7) is 4.36. The molecule has 0 spiro atoms. The van der Waals surface area contributed by atoms with E-state index in [9.17, 15) is 43.2 Å². The fraction of sp³-hybridized carbons (Fsp3) is 0.618. The Morgan fingerprint density at radius 1 is 0.269 bits per heavy atom. The molecule has 612 valence electrons. The number of carbonyl (C=O) groups excluding carboxylic acids is 4. The molecule has 17 nitrogen and oxygen atoms in total. The van der Waals surface area contributed by atoms with Crippen molar-refractivity contribution in [3.05, 3.63) is 182 Å². The van der Waals surface area contributed by atoms with Gasteiger partial charge in [-0.25, -0.2) is 9.13 Å². The first kappa shape index (κ1) is 102. The Balaban J connectivity index is 5.52. The molecular weight excluding hydrogens is 1400 g/mol. The molecule has 0 amide bonds. The van der Waals surface area contributed by atoms with Crippen molar-refractivity contribution in [2.75, 3.05) is 39.6 Å². The Morgan fingerprint density at radius 2 is 0.509 bits per heavy atom. The van der Waals surface area contributed by atoms with Gasteiger partial charge in [0, 0.05) is 25.7 Å². The first-order valence-corrected chi connectivity index (χ1v) is 44.0. The van der Waals surface area contributed by atoms with Gasteiger partial charge in [0.05, 0.1) is 26.4 Å². The van der Waals surface area contributed by atoms with E-state index in [0.29, 0.717) is 38.5 Å². The lowest BCUT2D eigenvalue weighted by Crippen LogP contribution is -2.30. The maximum Gasteiger partial charge on any atom is 0.472 e. The van der Waals surface area contributed by atoms with Gasteiger partial charge >= 0.3 is 39.5 Å². The molecule has 19 heteroatoms. The van der Waals surface area contributed by atoms with E-state index in [1.807, 2.05) is 30.4 Å². The number of carbonyl (C=O) groups is 4. The molecule has 0 aliphatic carbocycles. The second-order valence-corrected chi connectivity index (χ2v) is 29.5. The summed E-state index contributed by atoms with van der Waals surface area (Å²) in [5.41, 5.74) is 0. The highest BCUT2D eigenvalue weighted by Crippen LogP contribution is 2.45. The second-order valence-electron chi connectivity index (χ2n) is 26.6. The van der Waals surface area contributed by atoms with E-state index in [-0.39, 0.29) is 25.7 Å². The van der Waals surface area contributed by atoms with Crippen molar-refractivity contribution in [2.45, 2.75) is 316 Å². The lowest BCUT2D eigenvalue weighted by Gasteiger charge is -2.21. The van der Waals surface area contributed by atoms with Gasteiger partial charge in [-0.2, -0.15) is 0 Å². The number of allylic oxidation sites excluding steroid dienone is 30. The maximum atomic E-state index is 13.1. The van der Waals surface area contributed by atoms with Crippen LogP contribution in [0.4, 0.5) is 0 Å². The number of aliphatic hydroxyl groups excluding tert-OH is 1. The fourth-order valence-electron chi connectivity index (χ4n) is 10.3. The lowest BCUT2D eigenvalue weighted by atomic mass is 10.0. The third-order valence-electron chi connectivity index (χ3n) is 16.4. The number of ether oxygens (including phenoxy) is 4. The number of hydrogen-bond acceptors (Lipinski definition) is 15. The van der Waals surface area contributed by atoms with Crippen LogP contribution < -0.4 is 0 Å².